The van der Waals surface area contributed by atoms with Gasteiger partial charge in [-0.3, -0.25) is 10.2 Å². The number of fused-ring (bicyclic) bond motifs is 1. The molecule has 1 amide bonds. The number of rotatable bonds is 6. The number of nitrogen functional groups attached to an aromatic ring is 1. The molecular formula is C19H15BrN6OS2. The molecule has 3 heterocycles. The minimum Gasteiger partial charge on any atom is -0.382 e. The molecule has 0 aliphatic carbocycles. The molecule has 0 atom stereocenters. The molecule has 0 fully saturated rings. The van der Waals surface area contributed by atoms with E-state index >= 15 is 0 Å². The normalized spacial score (nSPS) is 10.8. The van der Waals surface area contributed by atoms with Crippen molar-refractivity contribution in [3.05, 3.63) is 63.4 Å². The van der Waals surface area contributed by atoms with Crippen LogP contribution in [-0.2, 0) is 6.54 Å². The first-order valence-corrected chi connectivity index (χ1v) is 11.0. The number of hydrogen-bond acceptors (Lipinski definition) is 8. The Bertz CT molecular complexity index is 1200. The van der Waals surface area contributed by atoms with Crippen molar-refractivity contribution in [1.82, 2.24) is 9.97 Å². The summed E-state index contributed by atoms with van der Waals surface area (Å²) in [4.78, 5) is 22.2. The second-order valence-corrected chi connectivity index (χ2v) is 8.72. The molecule has 4 rings (SSSR count). The number of benzene rings is 1. The molecule has 0 radical (unpaired) electrons. The summed E-state index contributed by atoms with van der Waals surface area (Å²) in [5, 5.41) is 18.1. The van der Waals surface area contributed by atoms with Crippen molar-refractivity contribution in [2.45, 2.75) is 6.54 Å². The molecule has 146 valence electrons. The zero-order valence-electron chi connectivity index (χ0n) is 14.9. The molecule has 0 bridgehead atoms. The summed E-state index contributed by atoms with van der Waals surface area (Å²) < 4.78 is 0.848. The van der Waals surface area contributed by atoms with Crippen LogP contribution < -0.4 is 16.4 Å². The summed E-state index contributed by atoms with van der Waals surface area (Å²) in [6.45, 7) is 0.633. The fourth-order valence-corrected chi connectivity index (χ4v) is 4.83. The second-order valence-electron chi connectivity index (χ2n) is 6.02. The Labute approximate surface area is 182 Å². The van der Waals surface area contributed by atoms with Gasteiger partial charge in [0.2, 0.25) is 0 Å². The summed E-state index contributed by atoms with van der Waals surface area (Å²) in [5.74, 6) is 0.0292. The third-order valence-electron chi connectivity index (χ3n) is 4.19. The fraction of sp³-hybridized carbons (Fsp3) is 0.0526. The molecule has 29 heavy (non-hydrogen) atoms. The Balaban J connectivity index is 1.63. The van der Waals surface area contributed by atoms with Gasteiger partial charge in [-0.1, -0.05) is 12.1 Å². The highest BCUT2D eigenvalue weighted by atomic mass is 79.9. The van der Waals surface area contributed by atoms with Crippen molar-refractivity contribution < 1.29 is 4.79 Å². The zero-order chi connectivity index (χ0) is 20.4. The Morgan fingerprint density at radius 1 is 1.17 bits per heavy atom. The van der Waals surface area contributed by atoms with Gasteiger partial charge in [0.25, 0.3) is 5.91 Å². The van der Waals surface area contributed by atoms with Gasteiger partial charge in [0.15, 0.2) is 0 Å². The monoisotopic (exact) mass is 486 g/mol. The van der Waals surface area contributed by atoms with Crippen LogP contribution in [0.4, 0.5) is 17.2 Å². The van der Waals surface area contributed by atoms with Crippen molar-refractivity contribution in [3.8, 4) is 0 Å². The second kappa shape index (κ2) is 8.27. The number of nitrogens with zero attached hydrogens (tertiary/aromatic N) is 2. The summed E-state index contributed by atoms with van der Waals surface area (Å²) in [6, 6.07) is 9.50. The summed E-state index contributed by atoms with van der Waals surface area (Å²) in [5.41, 5.74) is 8.65. The standard InChI is InChI=1S/C19H15BrN6OS2/c20-17(21)14-12(23-7-10-3-2-6-28-10)4-1-5-13(14)26-19(27)11-8-29-16-15(11)24-9-25-18(16)22/h1-6,8-9,21,23H,7H2,(H,26,27)(H2,22,24,25). The number of halogens is 1. The van der Waals surface area contributed by atoms with Gasteiger partial charge in [0, 0.05) is 22.5 Å². The lowest BCUT2D eigenvalue weighted by Crippen LogP contribution is -2.15. The Morgan fingerprint density at radius 2 is 2.00 bits per heavy atom. The van der Waals surface area contributed by atoms with Crippen LogP contribution >= 0.6 is 38.6 Å². The predicted octanol–water partition coefficient (Wildman–Crippen LogP) is 4.92. The topological polar surface area (TPSA) is 117 Å². The van der Waals surface area contributed by atoms with Crippen molar-refractivity contribution in [2.24, 2.45) is 0 Å². The van der Waals surface area contributed by atoms with Crippen molar-refractivity contribution in [2.75, 3.05) is 16.4 Å². The Hall–Kier alpha value is -2.82. The SMILES string of the molecule is N=C(Br)c1c(NCc2cccs2)cccc1NC(=O)c1csc2c(N)ncnc12. The molecule has 4 aromatic rings. The van der Waals surface area contributed by atoms with E-state index in [-0.39, 0.29) is 10.5 Å². The van der Waals surface area contributed by atoms with Crippen molar-refractivity contribution in [3.63, 3.8) is 0 Å². The van der Waals surface area contributed by atoms with E-state index in [0.717, 1.165) is 5.69 Å². The summed E-state index contributed by atoms with van der Waals surface area (Å²) >= 11 is 6.23. The van der Waals surface area contributed by atoms with E-state index in [2.05, 4.69) is 36.5 Å². The molecule has 0 saturated carbocycles. The van der Waals surface area contributed by atoms with E-state index in [1.54, 1.807) is 22.8 Å². The van der Waals surface area contributed by atoms with Gasteiger partial charge in [-0.05, 0) is 39.5 Å². The summed E-state index contributed by atoms with van der Waals surface area (Å²) in [7, 11) is 0. The number of aromatic nitrogens is 2. The van der Waals surface area contributed by atoms with Gasteiger partial charge in [-0.2, -0.15) is 0 Å². The van der Waals surface area contributed by atoms with Gasteiger partial charge in [0.05, 0.1) is 27.0 Å². The highest BCUT2D eigenvalue weighted by Gasteiger charge is 2.19. The Kier molecular flexibility index (Phi) is 5.56. The van der Waals surface area contributed by atoms with Crippen LogP contribution in [0.15, 0.2) is 47.4 Å². The molecule has 3 aromatic heterocycles. The lowest BCUT2D eigenvalue weighted by Gasteiger charge is -2.15. The maximum absolute atomic E-state index is 12.9. The maximum atomic E-state index is 12.9. The fourth-order valence-electron chi connectivity index (χ4n) is 2.86. The first-order valence-electron chi connectivity index (χ1n) is 8.47. The van der Waals surface area contributed by atoms with Gasteiger partial charge in [-0.15, -0.1) is 22.7 Å². The van der Waals surface area contributed by atoms with E-state index < -0.39 is 0 Å². The van der Waals surface area contributed by atoms with Crippen molar-refractivity contribution in [1.29, 1.82) is 5.41 Å². The third kappa shape index (κ3) is 4.00. The van der Waals surface area contributed by atoms with Crippen LogP contribution in [0.1, 0.15) is 20.8 Å². The van der Waals surface area contributed by atoms with E-state index in [0.29, 0.717) is 39.4 Å². The molecule has 10 heteroatoms. The van der Waals surface area contributed by atoms with Crippen molar-refractivity contribution >= 4 is 76.5 Å². The number of carbonyl (C=O) groups is 1. The summed E-state index contributed by atoms with van der Waals surface area (Å²) in [6.07, 6.45) is 1.34. The smallest absolute Gasteiger partial charge is 0.258 e. The molecule has 5 N–H and O–H groups in total. The van der Waals surface area contributed by atoms with Crippen LogP contribution in [0.3, 0.4) is 0 Å². The molecule has 0 aliphatic heterocycles. The van der Waals surface area contributed by atoms with Crippen LogP contribution in [0, 0.1) is 5.41 Å². The quantitative estimate of drug-likeness (QED) is 0.288. The number of anilines is 3. The number of nitrogens with one attached hydrogen (secondary N) is 3. The van der Waals surface area contributed by atoms with E-state index in [9.17, 15) is 4.79 Å². The van der Waals surface area contributed by atoms with Crippen LogP contribution in [0.2, 0.25) is 0 Å². The molecule has 0 unspecified atom stereocenters. The van der Waals surface area contributed by atoms with Crippen LogP contribution in [0.25, 0.3) is 10.2 Å². The first kappa shape index (κ1) is 19.5. The number of carbonyl (C=O) groups excluding carboxylic acids is 1. The van der Waals surface area contributed by atoms with Gasteiger partial charge in [-0.25, -0.2) is 9.97 Å². The van der Waals surface area contributed by atoms with Crippen LogP contribution in [-0.4, -0.2) is 20.5 Å². The lowest BCUT2D eigenvalue weighted by atomic mass is 10.1. The Morgan fingerprint density at radius 3 is 2.76 bits per heavy atom. The molecule has 1 aromatic carbocycles. The molecular weight excluding hydrogens is 472 g/mol. The highest BCUT2D eigenvalue weighted by molar-refractivity contribution is 9.18. The largest absolute Gasteiger partial charge is 0.382 e. The number of nitrogens with two attached hydrogens (primary N) is 1. The van der Waals surface area contributed by atoms with E-state index in [1.165, 1.54) is 22.5 Å². The van der Waals surface area contributed by atoms with Gasteiger partial charge < -0.3 is 16.4 Å². The van der Waals surface area contributed by atoms with E-state index in [4.69, 9.17) is 11.1 Å². The number of hydrogen-bond donors (Lipinski definition) is 4. The minimum absolute atomic E-state index is 0.170. The van der Waals surface area contributed by atoms with Gasteiger partial charge >= 0.3 is 0 Å². The van der Waals surface area contributed by atoms with E-state index in [1.807, 2.05) is 29.6 Å². The first-order chi connectivity index (χ1) is 14.0. The molecule has 0 spiro atoms. The molecule has 0 aliphatic rings. The van der Waals surface area contributed by atoms with Gasteiger partial charge in [0.1, 0.15) is 16.8 Å². The molecule has 0 saturated heterocycles. The minimum atomic E-state index is -0.320. The number of thiophene rings is 2. The maximum Gasteiger partial charge on any atom is 0.258 e. The predicted molar refractivity (Wildman–Crippen MR) is 124 cm³/mol. The van der Waals surface area contributed by atoms with Crippen LogP contribution in [0.5, 0.6) is 0 Å². The highest BCUT2D eigenvalue weighted by Crippen LogP contribution is 2.31. The zero-order valence-corrected chi connectivity index (χ0v) is 18.1. The lowest BCUT2D eigenvalue weighted by molar-refractivity contribution is 0.102. The average Bonchev–Trinajstić information content (AvgIpc) is 3.36. The third-order valence-corrected chi connectivity index (χ3v) is 6.46. The average molecular weight is 487 g/mol. The molecule has 7 nitrogen and oxygen atoms in total. The number of amides is 1.